The van der Waals surface area contributed by atoms with Gasteiger partial charge in [0.05, 0.1) is 6.54 Å². The van der Waals surface area contributed by atoms with Crippen molar-refractivity contribution >= 4 is 5.91 Å². The van der Waals surface area contributed by atoms with E-state index in [1.165, 1.54) is 0 Å². The number of ether oxygens (including phenoxy) is 1. The predicted molar refractivity (Wildman–Crippen MR) is 77.2 cm³/mol. The van der Waals surface area contributed by atoms with Crippen molar-refractivity contribution in [1.82, 2.24) is 10.2 Å². The number of rotatable bonds is 5. The zero-order valence-corrected chi connectivity index (χ0v) is 12.5. The smallest absolute Gasteiger partial charge is 0.234 e. The molecule has 0 bridgehead atoms. The van der Waals surface area contributed by atoms with Gasteiger partial charge in [0.1, 0.15) is 11.4 Å². The molecule has 4 nitrogen and oxygen atoms in total. The highest BCUT2D eigenvalue weighted by molar-refractivity contribution is 5.78. The maximum Gasteiger partial charge on any atom is 0.234 e. The Hall–Kier alpha value is -1.55. The Morgan fingerprint density at radius 3 is 2.47 bits per heavy atom. The van der Waals surface area contributed by atoms with Crippen molar-refractivity contribution in [3.63, 3.8) is 0 Å². The third kappa shape index (κ3) is 6.25. The first-order chi connectivity index (χ1) is 8.78. The van der Waals surface area contributed by atoms with E-state index in [1.807, 2.05) is 64.0 Å². The van der Waals surface area contributed by atoms with Crippen LogP contribution in [-0.2, 0) is 11.3 Å². The highest BCUT2D eigenvalue weighted by Crippen LogP contribution is 2.22. The fourth-order valence-electron chi connectivity index (χ4n) is 1.62. The van der Waals surface area contributed by atoms with E-state index >= 15 is 0 Å². The van der Waals surface area contributed by atoms with Crippen molar-refractivity contribution in [2.45, 2.75) is 32.9 Å². The molecule has 0 saturated carbocycles. The Kier molecular flexibility index (Phi) is 5.36. The van der Waals surface area contributed by atoms with Crippen molar-refractivity contribution in [2.24, 2.45) is 0 Å². The monoisotopic (exact) mass is 264 g/mol. The summed E-state index contributed by atoms with van der Waals surface area (Å²) in [5.74, 6) is 0.829. The number of likely N-dealkylation sites (N-methyl/N-ethyl adjacent to an activating group) is 1. The lowest BCUT2D eigenvalue weighted by atomic mass is 10.1. The van der Waals surface area contributed by atoms with Gasteiger partial charge in [-0.2, -0.15) is 0 Å². The van der Waals surface area contributed by atoms with E-state index in [1.54, 1.807) is 0 Å². The van der Waals surface area contributed by atoms with Crippen LogP contribution in [0.5, 0.6) is 5.75 Å². The fraction of sp³-hybridized carbons (Fsp3) is 0.533. The van der Waals surface area contributed by atoms with Gasteiger partial charge in [0.15, 0.2) is 0 Å². The van der Waals surface area contributed by atoms with Crippen molar-refractivity contribution in [2.75, 3.05) is 20.6 Å². The molecular weight excluding hydrogens is 240 g/mol. The number of carbonyl (C=O) groups excluding carboxylic acids is 1. The molecule has 0 aliphatic rings. The first-order valence-corrected chi connectivity index (χ1v) is 6.46. The topological polar surface area (TPSA) is 41.6 Å². The number of carbonyl (C=O) groups is 1. The van der Waals surface area contributed by atoms with Crippen molar-refractivity contribution in [1.29, 1.82) is 0 Å². The number of hydrogen-bond acceptors (Lipinski definition) is 3. The summed E-state index contributed by atoms with van der Waals surface area (Å²) >= 11 is 0. The summed E-state index contributed by atoms with van der Waals surface area (Å²) in [6.45, 7) is 6.90. The third-order valence-corrected chi connectivity index (χ3v) is 2.32. The normalized spacial score (nSPS) is 11.5. The van der Waals surface area contributed by atoms with Gasteiger partial charge in [-0.05, 0) is 40.9 Å². The molecule has 1 aromatic rings. The molecule has 0 aliphatic carbocycles. The van der Waals surface area contributed by atoms with Crippen LogP contribution in [0.1, 0.15) is 26.3 Å². The van der Waals surface area contributed by atoms with Gasteiger partial charge in [-0.1, -0.05) is 18.2 Å². The first kappa shape index (κ1) is 15.5. The third-order valence-electron chi connectivity index (χ3n) is 2.32. The van der Waals surface area contributed by atoms with Crippen LogP contribution in [0.25, 0.3) is 0 Å². The predicted octanol–water partition coefficient (Wildman–Crippen LogP) is 2.04. The lowest BCUT2D eigenvalue weighted by Gasteiger charge is -2.23. The van der Waals surface area contributed by atoms with Gasteiger partial charge in [-0.3, -0.25) is 4.79 Å². The second-order valence-electron chi connectivity index (χ2n) is 5.84. The average Bonchev–Trinajstić information content (AvgIpc) is 2.25. The van der Waals surface area contributed by atoms with Crippen LogP contribution < -0.4 is 10.1 Å². The Bertz CT molecular complexity index is 422. The number of nitrogens with one attached hydrogen (secondary N) is 1. The highest BCUT2D eigenvalue weighted by Gasteiger charge is 2.14. The number of benzene rings is 1. The summed E-state index contributed by atoms with van der Waals surface area (Å²) in [4.78, 5) is 13.5. The Labute approximate surface area is 115 Å². The van der Waals surface area contributed by atoms with E-state index in [4.69, 9.17) is 4.74 Å². The minimum absolute atomic E-state index is 0.00978. The van der Waals surface area contributed by atoms with Crippen LogP contribution in [0.3, 0.4) is 0 Å². The summed E-state index contributed by atoms with van der Waals surface area (Å²) in [6.07, 6.45) is 0. The van der Waals surface area contributed by atoms with E-state index in [-0.39, 0.29) is 11.5 Å². The number of nitrogens with zero attached hydrogens (tertiary/aromatic N) is 1. The van der Waals surface area contributed by atoms with E-state index in [9.17, 15) is 4.79 Å². The van der Waals surface area contributed by atoms with Crippen LogP contribution in [0.15, 0.2) is 24.3 Å². The highest BCUT2D eigenvalue weighted by atomic mass is 16.5. The molecule has 0 spiro atoms. The van der Waals surface area contributed by atoms with Crippen molar-refractivity contribution < 1.29 is 9.53 Å². The second-order valence-corrected chi connectivity index (χ2v) is 5.84. The molecule has 19 heavy (non-hydrogen) atoms. The molecule has 0 heterocycles. The second kappa shape index (κ2) is 6.57. The zero-order chi connectivity index (χ0) is 14.5. The van der Waals surface area contributed by atoms with Crippen LogP contribution in [0.4, 0.5) is 0 Å². The van der Waals surface area contributed by atoms with Gasteiger partial charge in [-0.15, -0.1) is 0 Å². The Balaban J connectivity index is 2.65. The Morgan fingerprint density at radius 1 is 1.26 bits per heavy atom. The summed E-state index contributed by atoms with van der Waals surface area (Å²) in [7, 11) is 3.74. The van der Waals surface area contributed by atoms with Crippen LogP contribution >= 0.6 is 0 Å². The number of amides is 1. The molecule has 1 amide bonds. The minimum atomic E-state index is -0.246. The molecule has 0 unspecified atom stereocenters. The van der Waals surface area contributed by atoms with Gasteiger partial charge in [0, 0.05) is 12.1 Å². The van der Waals surface area contributed by atoms with Crippen LogP contribution in [-0.4, -0.2) is 37.0 Å². The van der Waals surface area contributed by atoms with E-state index in [0.717, 1.165) is 11.3 Å². The molecule has 4 heteroatoms. The fourth-order valence-corrected chi connectivity index (χ4v) is 1.62. The largest absolute Gasteiger partial charge is 0.488 e. The van der Waals surface area contributed by atoms with Crippen molar-refractivity contribution in [3.05, 3.63) is 29.8 Å². The van der Waals surface area contributed by atoms with Crippen LogP contribution in [0.2, 0.25) is 0 Å². The van der Waals surface area contributed by atoms with Gasteiger partial charge in [0.2, 0.25) is 5.91 Å². The summed E-state index contributed by atoms with van der Waals surface area (Å²) in [5.41, 5.74) is 0.744. The molecule has 1 rings (SSSR count). The maximum atomic E-state index is 11.6. The molecule has 0 aromatic heterocycles. The van der Waals surface area contributed by atoms with E-state index in [2.05, 4.69) is 5.32 Å². The first-order valence-electron chi connectivity index (χ1n) is 6.46. The van der Waals surface area contributed by atoms with Gasteiger partial charge < -0.3 is 15.0 Å². The lowest BCUT2D eigenvalue weighted by molar-refractivity contribution is -0.121. The quantitative estimate of drug-likeness (QED) is 0.885. The van der Waals surface area contributed by atoms with Crippen molar-refractivity contribution in [3.8, 4) is 5.75 Å². The summed E-state index contributed by atoms with van der Waals surface area (Å²) in [5, 5.41) is 2.90. The summed E-state index contributed by atoms with van der Waals surface area (Å²) < 4.78 is 5.88. The number of hydrogen-bond donors (Lipinski definition) is 1. The maximum absolute atomic E-state index is 11.6. The molecule has 106 valence electrons. The standard InChI is InChI=1S/C15H24N2O2/c1-15(2,3)19-13-9-7-6-8-12(13)10-16-14(18)11-17(4)5/h6-9H,10-11H2,1-5H3,(H,16,18). The van der Waals surface area contributed by atoms with Gasteiger partial charge in [0.25, 0.3) is 0 Å². The molecule has 0 saturated heterocycles. The van der Waals surface area contributed by atoms with Crippen LogP contribution in [0, 0.1) is 0 Å². The Morgan fingerprint density at radius 2 is 1.89 bits per heavy atom. The average molecular weight is 264 g/mol. The van der Waals surface area contributed by atoms with Gasteiger partial charge >= 0.3 is 0 Å². The molecule has 0 radical (unpaired) electrons. The number of para-hydroxylation sites is 1. The minimum Gasteiger partial charge on any atom is -0.488 e. The SMILES string of the molecule is CN(C)CC(=O)NCc1ccccc1OC(C)(C)C. The van der Waals surface area contributed by atoms with E-state index < -0.39 is 0 Å². The molecule has 1 aromatic carbocycles. The molecule has 0 aliphatic heterocycles. The summed E-state index contributed by atoms with van der Waals surface area (Å²) in [6, 6.07) is 7.78. The molecular formula is C15H24N2O2. The van der Waals surface area contributed by atoms with E-state index in [0.29, 0.717) is 13.1 Å². The zero-order valence-electron chi connectivity index (χ0n) is 12.5. The lowest BCUT2D eigenvalue weighted by Crippen LogP contribution is -2.33. The molecule has 1 N–H and O–H groups in total. The molecule has 0 fully saturated rings. The molecule has 0 atom stereocenters. The van der Waals surface area contributed by atoms with Gasteiger partial charge in [-0.25, -0.2) is 0 Å².